The standard InChI is InChI=1S/C14H17FN2/c1-10-13(15)7-11(9-16)8-14(10)17-12-5-3-2-4-6-12/h7-8,12,17H,2-6H2,1H3. The summed E-state index contributed by atoms with van der Waals surface area (Å²) < 4.78 is 13.6. The Bertz CT molecular complexity index is 442. The number of halogens is 1. The van der Waals surface area contributed by atoms with Crippen LogP contribution in [0.25, 0.3) is 0 Å². The summed E-state index contributed by atoms with van der Waals surface area (Å²) in [6, 6.07) is 5.46. The van der Waals surface area contributed by atoms with Crippen LogP contribution < -0.4 is 5.32 Å². The Balaban J connectivity index is 2.19. The summed E-state index contributed by atoms with van der Waals surface area (Å²) in [5, 5.41) is 12.2. The first kappa shape index (κ1) is 11.9. The normalized spacial score (nSPS) is 16.5. The number of nitrogens with one attached hydrogen (secondary N) is 1. The fourth-order valence-electron chi connectivity index (χ4n) is 2.36. The number of nitrogens with zero attached hydrogens (tertiary/aromatic N) is 1. The van der Waals surface area contributed by atoms with Crippen molar-refractivity contribution in [2.24, 2.45) is 0 Å². The number of hydrogen-bond acceptors (Lipinski definition) is 2. The van der Waals surface area contributed by atoms with E-state index in [1.54, 1.807) is 13.0 Å². The van der Waals surface area contributed by atoms with Gasteiger partial charge in [0, 0.05) is 17.3 Å². The second kappa shape index (κ2) is 5.18. The summed E-state index contributed by atoms with van der Waals surface area (Å²) >= 11 is 0. The topological polar surface area (TPSA) is 35.8 Å². The zero-order valence-corrected chi connectivity index (χ0v) is 10.1. The number of rotatable bonds is 2. The Morgan fingerprint density at radius 1 is 1.29 bits per heavy atom. The highest BCUT2D eigenvalue weighted by Crippen LogP contribution is 2.25. The average molecular weight is 232 g/mol. The lowest BCUT2D eigenvalue weighted by atomic mass is 9.95. The molecule has 17 heavy (non-hydrogen) atoms. The maximum absolute atomic E-state index is 13.6. The zero-order valence-electron chi connectivity index (χ0n) is 10.1. The molecule has 2 nitrogen and oxygen atoms in total. The van der Waals surface area contributed by atoms with E-state index in [2.05, 4.69) is 5.32 Å². The molecule has 1 aliphatic rings. The first-order chi connectivity index (χ1) is 8.20. The van der Waals surface area contributed by atoms with Crippen LogP contribution in [0.2, 0.25) is 0 Å². The van der Waals surface area contributed by atoms with Gasteiger partial charge in [0.25, 0.3) is 0 Å². The smallest absolute Gasteiger partial charge is 0.129 e. The monoisotopic (exact) mass is 232 g/mol. The van der Waals surface area contributed by atoms with E-state index in [4.69, 9.17) is 5.26 Å². The summed E-state index contributed by atoms with van der Waals surface area (Å²) in [5.74, 6) is -0.303. The lowest BCUT2D eigenvalue weighted by Crippen LogP contribution is -2.22. The fourth-order valence-corrected chi connectivity index (χ4v) is 2.36. The van der Waals surface area contributed by atoms with Gasteiger partial charge >= 0.3 is 0 Å². The second-order valence-electron chi connectivity index (χ2n) is 4.72. The molecule has 0 amide bonds. The maximum Gasteiger partial charge on any atom is 0.129 e. The molecule has 0 unspecified atom stereocenters. The van der Waals surface area contributed by atoms with E-state index in [-0.39, 0.29) is 5.82 Å². The molecule has 0 bridgehead atoms. The zero-order chi connectivity index (χ0) is 12.3. The number of anilines is 1. The highest BCUT2D eigenvalue weighted by atomic mass is 19.1. The minimum absolute atomic E-state index is 0.303. The second-order valence-corrected chi connectivity index (χ2v) is 4.72. The van der Waals surface area contributed by atoms with Gasteiger partial charge < -0.3 is 5.32 Å². The molecule has 3 heteroatoms. The molecule has 1 fully saturated rings. The van der Waals surface area contributed by atoms with Gasteiger partial charge in [0.05, 0.1) is 11.6 Å². The van der Waals surface area contributed by atoms with Crippen LogP contribution in [0.5, 0.6) is 0 Å². The molecule has 0 radical (unpaired) electrons. The summed E-state index contributed by atoms with van der Waals surface area (Å²) in [6.45, 7) is 1.75. The number of hydrogen-bond donors (Lipinski definition) is 1. The summed E-state index contributed by atoms with van der Waals surface area (Å²) in [5.41, 5.74) is 1.76. The lowest BCUT2D eigenvalue weighted by molar-refractivity contribution is 0.462. The molecular weight excluding hydrogens is 215 g/mol. The van der Waals surface area contributed by atoms with Crippen LogP contribution in [0.1, 0.15) is 43.2 Å². The van der Waals surface area contributed by atoms with Crippen LogP contribution in [0.3, 0.4) is 0 Å². The van der Waals surface area contributed by atoms with E-state index in [1.807, 2.05) is 6.07 Å². The van der Waals surface area contributed by atoms with Crippen LogP contribution in [0, 0.1) is 24.1 Å². The van der Waals surface area contributed by atoms with Crippen molar-refractivity contribution >= 4 is 5.69 Å². The number of benzene rings is 1. The molecular formula is C14H17FN2. The van der Waals surface area contributed by atoms with E-state index in [0.29, 0.717) is 17.2 Å². The largest absolute Gasteiger partial charge is 0.382 e. The third kappa shape index (κ3) is 2.76. The SMILES string of the molecule is Cc1c(F)cc(C#N)cc1NC1CCCCC1. The molecule has 2 rings (SSSR count). The van der Waals surface area contributed by atoms with Crippen molar-refractivity contribution in [3.63, 3.8) is 0 Å². The van der Waals surface area contributed by atoms with Gasteiger partial charge in [0.1, 0.15) is 5.82 Å². The predicted molar refractivity (Wildman–Crippen MR) is 66.3 cm³/mol. The van der Waals surface area contributed by atoms with Gasteiger partial charge in [-0.15, -0.1) is 0 Å². The summed E-state index contributed by atoms with van der Waals surface area (Å²) in [6.07, 6.45) is 6.04. The molecule has 1 N–H and O–H groups in total. The maximum atomic E-state index is 13.6. The van der Waals surface area contributed by atoms with Crippen molar-refractivity contribution in [2.45, 2.75) is 45.1 Å². The van der Waals surface area contributed by atoms with Gasteiger partial charge in [-0.2, -0.15) is 5.26 Å². The lowest BCUT2D eigenvalue weighted by Gasteiger charge is -2.25. The average Bonchev–Trinajstić information content (AvgIpc) is 2.36. The quantitative estimate of drug-likeness (QED) is 0.842. The molecule has 0 heterocycles. The van der Waals surface area contributed by atoms with E-state index < -0.39 is 0 Å². The van der Waals surface area contributed by atoms with E-state index in [0.717, 1.165) is 18.5 Å². The highest BCUT2D eigenvalue weighted by molar-refractivity contribution is 5.56. The van der Waals surface area contributed by atoms with Crippen molar-refractivity contribution in [3.05, 3.63) is 29.1 Å². The molecule has 1 aromatic carbocycles. The van der Waals surface area contributed by atoms with E-state index in [9.17, 15) is 4.39 Å². The predicted octanol–water partition coefficient (Wildman–Crippen LogP) is 3.75. The third-order valence-corrected chi connectivity index (χ3v) is 3.44. The fraction of sp³-hybridized carbons (Fsp3) is 0.500. The molecule has 90 valence electrons. The van der Waals surface area contributed by atoms with Crippen molar-refractivity contribution in [1.82, 2.24) is 0 Å². The molecule has 1 aromatic rings. The first-order valence-corrected chi connectivity index (χ1v) is 6.17. The van der Waals surface area contributed by atoms with E-state index in [1.165, 1.54) is 25.3 Å². The summed E-state index contributed by atoms with van der Waals surface area (Å²) in [7, 11) is 0. The van der Waals surface area contributed by atoms with Crippen molar-refractivity contribution in [2.75, 3.05) is 5.32 Å². The van der Waals surface area contributed by atoms with Crippen molar-refractivity contribution < 1.29 is 4.39 Å². The molecule has 0 aliphatic heterocycles. The minimum Gasteiger partial charge on any atom is -0.382 e. The van der Waals surface area contributed by atoms with Crippen LogP contribution in [-0.4, -0.2) is 6.04 Å². The highest BCUT2D eigenvalue weighted by Gasteiger charge is 2.15. The Morgan fingerprint density at radius 2 is 2.00 bits per heavy atom. The van der Waals surface area contributed by atoms with Gasteiger partial charge in [-0.3, -0.25) is 0 Å². The van der Waals surface area contributed by atoms with Crippen LogP contribution in [0.4, 0.5) is 10.1 Å². The first-order valence-electron chi connectivity index (χ1n) is 6.17. The van der Waals surface area contributed by atoms with Crippen LogP contribution in [-0.2, 0) is 0 Å². The van der Waals surface area contributed by atoms with Gasteiger partial charge in [-0.05, 0) is 31.9 Å². The molecule has 1 aliphatic carbocycles. The van der Waals surface area contributed by atoms with Gasteiger partial charge in [-0.1, -0.05) is 19.3 Å². The minimum atomic E-state index is -0.303. The van der Waals surface area contributed by atoms with Gasteiger partial charge in [0.2, 0.25) is 0 Å². The van der Waals surface area contributed by atoms with Gasteiger partial charge in [0.15, 0.2) is 0 Å². The molecule has 0 atom stereocenters. The van der Waals surface area contributed by atoms with Crippen molar-refractivity contribution in [1.29, 1.82) is 5.26 Å². The van der Waals surface area contributed by atoms with Crippen LogP contribution >= 0.6 is 0 Å². The Kier molecular flexibility index (Phi) is 3.63. The Labute approximate surface area is 101 Å². The molecule has 0 saturated heterocycles. The Morgan fingerprint density at radius 3 is 2.65 bits per heavy atom. The van der Waals surface area contributed by atoms with E-state index >= 15 is 0 Å². The molecule has 0 spiro atoms. The molecule has 0 aromatic heterocycles. The van der Waals surface area contributed by atoms with Gasteiger partial charge in [-0.25, -0.2) is 4.39 Å². The third-order valence-electron chi connectivity index (χ3n) is 3.44. The number of nitriles is 1. The molecule has 1 saturated carbocycles. The Hall–Kier alpha value is -1.56. The summed E-state index contributed by atoms with van der Waals surface area (Å²) in [4.78, 5) is 0. The van der Waals surface area contributed by atoms with Crippen molar-refractivity contribution in [3.8, 4) is 6.07 Å². The van der Waals surface area contributed by atoms with Crippen LogP contribution in [0.15, 0.2) is 12.1 Å².